The molecule has 4 heteroatoms. The van der Waals surface area contributed by atoms with E-state index in [4.69, 9.17) is 9.84 Å². The predicted octanol–water partition coefficient (Wildman–Crippen LogP) is 1.06. The van der Waals surface area contributed by atoms with Crippen molar-refractivity contribution in [1.29, 1.82) is 0 Å². The number of aliphatic hydroxyl groups is 1. The lowest BCUT2D eigenvalue weighted by atomic mass is 10.2. The Morgan fingerprint density at radius 2 is 2.00 bits per heavy atom. The van der Waals surface area contributed by atoms with Crippen LogP contribution in [0.2, 0.25) is 0 Å². The number of ether oxygens (including phenoxy) is 1. The second kappa shape index (κ2) is 7.50. The lowest BCUT2D eigenvalue weighted by Gasteiger charge is -2.11. The van der Waals surface area contributed by atoms with Crippen LogP contribution in [-0.2, 0) is 14.3 Å². The summed E-state index contributed by atoms with van der Waals surface area (Å²) >= 11 is 0. The smallest absolute Gasteiger partial charge is 0.306 e. The number of aliphatic hydroxyl groups excluding tert-OH is 1. The summed E-state index contributed by atoms with van der Waals surface area (Å²) in [5.41, 5.74) is 0. The zero-order valence-electron chi connectivity index (χ0n) is 8.78. The normalized spacial score (nSPS) is 12.2. The van der Waals surface area contributed by atoms with Gasteiger partial charge in [0, 0.05) is 13.0 Å². The lowest BCUT2D eigenvalue weighted by Crippen LogP contribution is -2.15. The molecule has 1 N–H and O–H groups in total. The highest BCUT2D eigenvalue weighted by molar-refractivity contribution is 5.80. The van der Waals surface area contributed by atoms with E-state index >= 15 is 0 Å². The molecule has 0 saturated carbocycles. The molecule has 0 aliphatic rings. The van der Waals surface area contributed by atoms with Gasteiger partial charge in [0.15, 0.2) is 0 Å². The van der Waals surface area contributed by atoms with Gasteiger partial charge in [-0.25, -0.2) is 0 Å². The van der Waals surface area contributed by atoms with Crippen molar-refractivity contribution in [2.45, 2.75) is 45.6 Å². The molecule has 82 valence electrons. The van der Waals surface area contributed by atoms with Crippen molar-refractivity contribution in [3.63, 3.8) is 0 Å². The van der Waals surface area contributed by atoms with Gasteiger partial charge in [0.1, 0.15) is 5.78 Å². The molecule has 1 atom stereocenters. The Hall–Kier alpha value is -0.900. The molecule has 4 nitrogen and oxygen atoms in total. The molecular weight excluding hydrogens is 184 g/mol. The molecule has 0 saturated heterocycles. The van der Waals surface area contributed by atoms with Gasteiger partial charge in [-0.15, -0.1) is 0 Å². The fourth-order valence-electron chi connectivity index (χ4n) is 0.999. The van der Waals surface area contributed by atoms with Crippen molar-refractivity contribution in [3.05, 3.63) is 0 Å². The van der Waals surface area contributed by atoms with Crippen LogP contribution in [0.25, 0.3) is 0 Å². The monoisotopic (exact) mass is 202 g/mol. The Kier molecular flexibility index (Phi) is 7.02. The SMILES string of the molecule is CC(=O)CCC(=O)OC(C)CCCO. The fraction of sp³-hybridized carbons (Fsp3) is 0.800. The molecule has 0 radical (unpaired) electrons. The Labute approximate surface area is 84.3 Å². The average molecular weight is 202 g/mol. The number of carbonyl (C=O) groups excluding carboxylic acids is 2. The van der Waals surface area contributed by atoms with E-state index in [2.05, 4.69) is 0 Å². The van der Waals surface area contributed by atoms with Crippen molar-refractivity contribution >= 4 is 11.8 Å². The summed E-state index contributed by atoms with van der Waals surface area (Å²) in [5.74, 6) is -0.351. The second-order valence-corrected chi connectivity index (χ2v) is 3.37. The van der Waals surface area contributed by atoms with Gasteiger partial charge >= 0.3 is 5.97 Å². The van der Waals surface area contributed by atoms with E-state index in [1.807, 2.05) is 0 Å². The minimum atomic E-state index is -0.342. The number of hydrogen-bond donors (Lipinski definition) is 1. The van der Waals surface area contributed by atoms with E-state index in [0.29, 0.717) is 12.8 Å². The minimum absolute atomic E-state index is 0.00930. The highest BCUT2D eigenvalue weighted by Crippen LogP contribution is 2.04. The third-order valence-electron chi connectivity index (χ3n) is 1.78. The van der Waals surface area contributed by atoms with Gasteiger partial charge in [-0.2, -0.15) is 0 Å². The molecule has 0 aliphatic carbocycles. The van der Waals surface area contributed by atoms with Gasteiger partial charge in [0.05, 0.1) is 12.5 Å². The largest absolute Gasteiger partial charge is 0.463 e. The zero-order chi connectivity index (χ0) is 11.0. The van der Waals surface area contributed by atoms with Crippen LogP contribution in [0.5, 0.6) is 0 Å². The predicted molar refractivity (Wildman–Crippen MR) is 51.8 cm³/mol. The van der Waals surface area contributed by atoms with Crippen LogP contribution in [0.1, 0.15) is 39.5 Å². The van der Waals surface area contributed by atoms with Crippen LogP contribution < -0.4 is 0 Å². The van der Waals surface area contributed by atoms with Gasteiger partial charge < -0.3 is 14.6 Å². The third-order valence-corrected chi connectivity index (χ3v) is 1.78. The molecule has 0 aromatic carbocycles. The summed E-state index contributed by atoms with van der Waals surface area (Å²) in [5, 5.41) is 8.54. The van der Waals surface area contributed by atoms with Crippen LogP contribution in [0, 0.1) is 0 Å². The third kappa shape index (κ3) is 7.73. The van der Waals surface area contributed by atoms with Gasteiger partial charge in [-0.3, -0.25) is 4.79 Å². The Morgan fingerprint density at radius 3 is 2.50 bits per heavy atom. The summed E-state index contributed by atoms with van der Waals surface area (Å²) in [4.78, 5) is 21.6. The molecule has 1 unspecified atom stereocenters. The van der Waals surface area contributed by atoms with Crippen LogP contribution in [0.15, 0.2) is 0 Å². The first-order chi connectivity index (χ1) is 6.56. The number of carbonyl (C=O) groups is 2. The summed E-state index contributed by atoms with van der Waals surface area (Å²) in [6.45, 7) is 3.33. The highest BCUT2D eigenvalue weighted by Gasteiger charge is 2.09. The van der Waals surface area contributed by atoms with Crippen molar-refractivity contribution in [2.75, 3.05) is 6.61 Å². The standard InChI is InChI=1S/C10H18O4/c1-8(12)5-6-10(13)14-9(2)4-3-7-11/h9,11H,3-7H2,1-2H3. The molecule has 0 bridgehead atoms. The van der Waals surface area contributed by atoms with E-state index in [1.54, 1.807) is 6.92 Å². The summed E-state index contributed by atoms with van der Waals surface area (Å²) < 4.78 is 5.00. The van der Waals surface area contributed by atoms with E-state index in [-0.39, 0.29) is 37.3 Å². The molecular formula is C10H18O4. The van der Waals surface area contributed by atoms with Crippen molar-refractivity contribution < 1.29 is 19.4 Å². The minimum Gasteiger partial charge on any atom is -0.463 e. The van der Waals surface area contributed by atoms with Crippen molar-refractivity contribution in [1.82, 2.24) is 0 Å². The van der Waals surface area contributed by atoms with Crippen LogP contribution >= 0.6 is 0 Å². The molecule has 0 aromatic rings. The number of Topliss-reactive ketones (excluding diaryl/α,β-unsaturated/α-hetero) is 1. The first-order valence-electron chi connectivity index (χ1n) is 4.86. The van der Waals surface area contributed by atoms with E-state index < -0.39 is 0 Å². The maximum absolute atomic E-state index is 11.1. The van der Waals surface area contributed by atoms with Gasteiger partial charge in [-0.05, 0) is 26.7 Å². The zero-order valence-corrected chi connectivity index (χ0v) is 8.78. The molecule has 0 rings (SSSR count). The van der Waals surface area contributed by atoms with E-state index in [0.717, 1.165) is 0 Å². The molecule has 0 aliphatic heterocycles. The first-order valence-corrected chi connectivity index (χ1v) is 4.86. The summed E-state index contributed by atoms with van der Waals surface area (Å²) in [7, 11) is 0. The van der Waals surface area contributed by atoms with Crippen molar-refractivity contribution in [3.8, 4) is 0 Å². The Morgan fingerprint density at radius 1 is 1.36 bits per heavy atom. The van der Waals surface area contributed by atoms with Gasteiger partial charge in [0.25, 0.3) is 0 Å². The summed E-state index contributed by atoms with van der Waals surface area (Å²) in [6.07, 6.45) is 1.50. The van der Waals surface area contributed by atoms with Gasteiger partial charge in [0.2, 0.25) is 0 Å². The topological polar surface area (TPSA) is 63.6 Å². The van der Waals surface area contributed by atoms with Crippen LogP contribution in [0.3, 0.4) is 0 Å². The second-order valence-electron chi connectivity index (χ2n) is 3.37. The highest BCUT2D eigenvalue weighted by atomic mass is 16.5. The molecule has 14 heavy (non-hydrogen) atoms. The Bertz CT molecular complexity index is 189. The number of ketones is 1. The van der Waals surface area contributed by atoms with Crippen LogP contribution in [0.4, 0.5) is 0 Å². The van der Waals surface area contributed by atoms with E-state index in [1.165, 1.54) is 6.92 Å². The Balaban J connectivity index is 3.55. The van der Waals surface area contributed by atoms with Crippen molar-refractivity contribution in [2.24, 2.45) is 0 Å². The average Bonchev–Trinajstić information content (AvgIpc) is 2.11. The fourth-order valence-corrected chi connectivity index (χ4v) is 0.999. The van der Waals surface area contributed by atoms with Crippen LogP contribution in [-0.4, -0.2) is 29.6 Å². The maximum atomic E-state index is 11.1. The van der Waals surface area contributed by atoms with E-state index in [9.17, 15) is 9.59 Å². The molecule has 0 spiro atoms. The quantitative estimate of drug-likeness (QED) is 0.627. The maximum Gasteiger partial charge on any atom is 0.306 e. The lowest BCUT2D eigenvalue weighted by molar-refractivity contribution is -0.149. The van der Waals surface area contributed by atoms with Gasteiger partial charge in [-0.1, -0.05) is 0 Å². The number of rotatable bonds is 7. The molecule has 0 heterocycles. The molecule has 0 amide bonds. The number of hydrogen-bond acceptors (Lipinski definition) is 4. The molecule has 0 fully saturated rings. The number of esters is 1. The summed E-state index contributed by atoms with van der Waals surface area (Å²) in [6, 6.07) is 0. The first kappa shape index (κ1) is 13.1. The molecule has 0 aromatic heterocycles.